The summed E-state index contributed by atoms with van der Waals surface area (Å²) in [6, 6.07) is 3.28. The summed E-state index contributed by atoms with van der Waals surface area (Å²) in [4.78, 5) is 14.7. The molecule has 6 nitrogen and oxygen atoms in total. The molecule has 1 aromatic rings. The van der Waals surface area contributed by atoms with Gasteiger partial charge in [0, 0.05) is 5.56 Å². The molecule has 0 atom stereocenters. The van der Waals surface area contributed by atoms with Crippen molar-refractivity contribution in [3.63, 3.8) is 0 Å². The van der Waals surface area contributed by atoms with Gasteiger partial charge >= 0.3 is 5.97 Å². The van der Waals surface area contributed by atoms with Crippen LogP contribution in [0.1, 0.15) is 5.56 Å². The molecule has 1 N–H and O–H groups in total. The largest absolute Gasteiger partial charge is 0.479 e. The van der Waals surface area contributed by atoms with E-state index < -0.39 is 12.6 Å². The first-order valence-corrected chi connectivity index (χ1v) is 5.01. The van der Waals surface area contributed by atoms with Crippen LogP contribution in [0.25, 0.3) is 0 Å². The Bertz CT molecular complexity index is 474. The molecule has 1 aliphatic rings. The Balaban J connectivity index is 2.07. The minimum atomic E-state index is -1.09. The number of nitrogens with zero attached hydrogens (tertiary/aromatic N) is 1. The van der Waals surface area contributed by atoms with Gasteiger partial charge in [0.25, 0.3) is 0 Å². The van der Waals surface area contributed by atoms with Gasteiger partial charge in [-0.3, -0.25) is 0 Å². The number of carboxylic acids is 1. The van der Waals surface area contributed by atoms with Gasteiger partial charge in [-0.2, -0.15) is 0 Å². The van der Waals surface area contributed by atoms with E-state index >= 15 is 0 Å². The van der Waals surface area contributed by atoms with Crippen molar-refractivity contribution in [2.24, 2.45) is 5.16 Å². The highest BCUT2D eigenvalue weighted by molar-refractivity contribution is 6.32. The summed E-state index contributed by atoms with van der Waals surface area (Å²) in [6.07, 6.45) is 1.34. The lowest BCUT2D eigenvalue weighted by molar-refractivity contribution is -0.142. The number of carbonyl (C=O) groups is 1. The van der Waals surface area contributed by atoms with Crippen LogP contribution in [0, 0.1) is 0 Å². The van der Waals surface area contributed by atoms with Gasteiger partial charge in [0.05, 0.1) is 11.2 Å². The number of benzene rings is 1. The van der Waals surface area contributed by atoms with Crippen LogP contribution in [-0.2, 0) is 9.63 Å². The lowest BCUT2D eigenvalue weighted by atomic mass is 10.2. The fraction of sp³-hybridized carbons (Fsp3) is 0.200. The molecule has 0 aromatic heterocycles. The molecule has 90 valence electrons. The molecule has 1 heterocycles. The fourth-order valence-electron chi connectivity index (χ4n) is 1.25. The Morgan fingerprint density at radius 2 is 2.41 bits per heavy atom. The Labute approximate surface area is 101 Å². The van der Waals surface area contributed by atoms with Crippen LogP contribution < -0.4 is 9.47 Å². The lowest BCUT2D eigenvalue weighted by Gasteiger charge is -2.00. The molecule has 0 unspecified atom stereocenters. The molecule has 17 heavy (non-hydrogen) atoms. The number of oxime groups is 1. The summed E-state index contributed by atoms with van der Waals surface area (Å²) < 4.78 is 10.3. The van der Waals surface area contributed by atoms with Crippen LogP contribution in [0.15, 0.2) is 17.3 Å². The van der Waals surface area contributed by atoms with E-state index in [2.05, 4.69) is 9.99 Å². The van der Waals surface area contributed by atoms with Gasteiger partial charge in [0.15, 0.2) is 11.5 Å². The third kappa shape index (κ3) is 2.79. The standard InChI is InChI=1S/C10H8ClNO5/c11-7-1-6(3-12-17-4-9(13)14)2-8-10(7)16-5-15-8/h1-3H,4-5H2,(H,13,14). The second-order valence-electron chi connectivity index (χ2n) is 3.14. The molecule has 0 saturated carbocycles. The van der Waals surface area contributed by atoms with Crippen LogP contribution in [0.4, 0.5) is 0 Å². The number of rotatable bonds is 4. The third-order valence-corrected chi connectivity index (χ3v) is 2.19. The maximum atomic E-state index is 10.2. The summed E-state index contributed by atoms with van der Waals surface area (Å²) in [7, 11) is 0. The minimum Gasteiger partial charge on any atom is -0.479 e. The molecule has 0 spiro atoms. The van der Waals surface area contributed by atoms with Gasteiger partial charge in [0.2, 0.25) is 13.4 Å². The van der Waals surface area contributed by atoms with Crippen molar-refractivity contribution in [1.29, 1.82) is 0 Å². The molecular formula is C10H8ClNO5. The average molecular weight is 258 g/mol. The van der Waals surface area contributed by atoms with Gasteiger partial charge in [-0.1, -0.05) is 16.8 Å². The van der Waals surface area contributed by atoms with Crippen LogP contribution in [-0.4, -0.2) is 30.7 Å². The minimum absolute atomic E-state index is 0.130. The quantitative estimate of drug-likeness (QED) is 0.653. The summed E-state index contributed by atoms with van der Waals surface area (Å²) >= 11 is 5.94. The second kappa shape index (κ2) is 4.92. The maximum absolute atomic E-state index is 10.2. The van der Waals surface area contributed by atoms with E-state index in [1.54, 1.807) is 12.1 Å². The Hall–Kier alpha value is -1.95. The van der Waals surface area contributed by atoms with E-state index in [1.165, 1.54) is 6.21 Å². The first-order valence-electron chi connectivity index (χ1n) is 4.63. The Kier molecular flexibility index (Phi) is 3.34. The van der Waals surface area contributed by atoms with Crippen molar-refractivity contribution in [2.45, 2.75) is 0 Å². The Morgan fingerprint density at radius 1 is 1.59 bits per heavy atom. The number of hydrogen-bond acceptors (Lipinski definition) is 5. The van der Waals surface area contributed by atoms with E-state index in [1.807, 2.05) is 0 Å². The molecule has 0 fully saturated rings. The first kappa shape index (κ1) is 11.5. The summed E-state index contributed by atoms with van der Waals surface area (Å²) in [6.45, 7) is -0.361. The van der Waals surface area contributed by atoms with Gasteiger partial charge in [-0.25, -0.2) is 4.79 Å². The Morgan fingerprint density at radius 3 is 3.18 bits per heavy atom. The van der Waals surface area contributed by atoms with Crippen molar-refractivity contribution in [3.8, 4) is 11.5 Å². The van der Waals surface area contributed by atoms with Crippen molar-refractivity contribution in [1.82, 2.24) is 0 Å². The number of halogens is 1. The SMILES string of the molecule is O=C(O)CON=Cc1cc(Cl)c2c(c1)OCO2. The summed E-state index contributed by atoms with van der Waals surface area (Å²) in [5.74, 6) is -0.0710. The van der Waals surface area contributed by atoms with Gasteiger partial charge < -0.3 is 19.4 Å². The van der Waals surface area contributed by atoms with Crippen molar-refractivity contribution < 1.29 is 24.2 Å². The van der Waals surface area contributed by atoms with Crippen molar-refractivity contribution in [2.75, 3.05) is 13.4 Å². The average Bonchev–Trinajstić information content (AvgIpc) is 2.72. The molecule has 0 saturated heterocycles. The normalized spacial score (nSPS) is 13.0. The molecule has 0 amide bonds. The fourth-order valence-corrected chi connectivity index (χ4v) is 1.53. The van der Waals surface area contributed by atoms with Gasteiger partial charge in [-0.05, 0) is 12.1 Å². The molecule has 0 bridgehead atoms. The number of carboxylic acid groups (broad SMARTS) is 1. The maximum Gasteiger partial charge on any atom is 0.344 e. The monoisotopic (exact) mass is 257 g/mol. The summed E-state index contributed by atoms with van der Waals surface area (Å²) in [5, 5.41) is 12.2. The highest BCUT2D eigenvalue weighted by atomic mass is 35.5. The zero-order valence-electron chi connectivity index (χ0n) is 8.55. The van der Waals surface area contributed by atoms with E-state index in [9.17, 15) is 4.79 Å². The van der Waals surface area contributed by atoms with Crippen LogP contribution in [0.3, 0.4) is 0 Å². The van der Waals surface area contributed by atoms with Crippen molar-refractivity contribution in [3.05, 3.63) is 22.7 Å². The molecule has 0 aliphatic carbocycles. The van der Waals surface area contributed by atoms with Gasteiger partial charge in [-0.15, -0.1) is 0 Å². The topological polar surface area (TPSA) is 77.4 Å². The highest BCUT2D eigenvalue weighted by Crippen LogP contribution is 2.39. The smallest absolute Gasteiger partial charge is 0.344 e. The number of ether oxygens (including phenoxy) is 2. The number of aliphatic carboxylic acids is 1. The third-order valence-electron chi connectivity index (χ3n) is 1.91. The molecule has 0 radical (unpaired) electrons. The highest BCUT2D eigenvalue weighted by Gasteiger charge is 2.17. The molecule has 7 heteroatoms. The molecular weight excluding hydrogens is 250 g/mol. The molecule has 1 aliphatic heterocycles. The predicted molar refractivity (Wildman–Crippen MR) is 58.8 cm³/mol. The number of hydrogen-bond donors (Lipinski definition) is 1. The van der Waals surface area contributed by atoms with Crippen LogP contribution >= 0.6 is 11.6 Å². The van der Waals surface area contributed by atoms with E-state index in [4.69, 9.17) is 26.2 Å². The first-order chi connectivity index (χ1) is 8.16. The van der Waals surface area contributed by atoms with E-state index in [-0.39, 0.29) is 6.79 Å². The zero-order chi connectivity index (χ0) is 12.3. The number of fused-ring (bicyclic) bond motifs is 1. The van der Waals surface area contributed by atoms with Crippen molar-refractivity contribution >= 4 is 23.8 Å². The predicted octanol–water partition coefficient (Wildman–Crippen LogP) is 1.50. The second-order valence-corrected chi connectivity index (χ2v) is 3.55. The molecule has 2 rings (SSSR count). The lowest BCUT2D eigenvalue weighted by Crippen LogP contribution is -2.03. The van der Waals surface area contributed by atoms with Crippen LogP contribution in [0.5, 0.6) is 11.5 Å². The van der Waals surface area contributed by atoms with Gasteiger partial charge in [0.1, 0.15) is 0 Å². The zero-order valence-corrected chi connectivity index (χ0v) is 9.31. The van der Waals surface area contributed by atoms with Crippen LogP contribution in [0.2, 0.25) is 5.02 Å². The van der Waals surface area contributed by atoms with E-state index in [0.29, 0.717) is 22.1 Å². The molecule has 1 aromatic carbocycles. The summed E-state index contributed by atoms with van der Waals surface area (Å²) in [5.41, 5.74) is 0.629. The van der Waals surface area contributed by atoms with E-state index in [0.717, 1.165) is 0 Å².